The smallest absolute Gasteiger partial charge is 0.342 e. The Bertz CT molecular complexity index is 1310. The summed E-state index contributed by atoms with van der Waals surface area (Å²) in [5.74, 6) is 0.748. The predicted octanol–water partition coefficient (Wildman–Crippen LogP) is 4.05. The number of rotatable bonds is 5. The van der Waals surface area contributed by atoms with Crippen molar-refractivity contribution in [1.29, 1.82) is 0 Å². The highest BCUT2D eigenvalue weighted by Gasteiger charge is 2.37. The van der Waals surface area contributed by atoms with E-state index in [1.54, 1.807) is 6.07 Å². The number of nitrogens with one attached hydrogen (secondary N) is 1. The van der Waals surface area contributed by atoms with Crippen molar-refractivity contribution in [1.82, 2.24) is 19.7 Å². The zero-order valence-corrected chi connectivity index (χ0v) is 19.2. The first-order valence-electron chi connectivity index (χ1n) is 12.4. The molecule has 0 unspecified atom stereocenters. The van der Waals surface area contributed by atoms with Crippen molar-refractivity contribution in [3.05, 3.63) is 69.7 Å². The molecule has 6 rings (SSSR count). The van der Waals surface area contributed by atoms with Gasteiger partial charge in [0.25, 0.3) is 0 Å². The van der Waals surface area contributed by atoms with E-state index in [1.807, 2.05) is 11.0 Å². The summed E-state index contributed by atoms with van der Waals surface area (Å²) >= 11 is 0. The van der Waals surface area contributed by atoms with Crippen LogP contribution in [0.1, 0.15) is 49.1 Å². The van der Waals surface area contributed by atoms with E-state index in [0.29, 0.717) is 18.8 Å². The van der Waals surface area contributed by atoms with E-state index in [9.17, 15) is 9.59 Å². The summed E-state index contributed by atoms with van der Waals surface area (Å²) in [5, 5.41) is 6.69. The van der Waals surface area contributed by atoms with Gasteiger partial charge < -0.3 is 4.90 Å². The minimum Gasteiger partial charge on any atom is -0.342 e. The highest BCUT2D eigenvalue weighted by molar-refractivity contribution is 5.81. The Kier molecular flexibility index (Phi) is 5.35. The van der Waals surface area contributed by atoms with Crippen molar-refractivity contribution < 1.29 is 9.18 Å². The number of benzene rings is 2. The topological polar surface area (TPSA) is 71.0 Å². The lowest BCUT2D eigenvalue weighted by molar-refractivity contribution is -0.131. The van der Waals surface area contributed by atoms with Gasteiger partial charge in [-0.15, -0.1) is 0 Å². The maximum atomic E-state index is 15.3. The van der Waals surface area contributed by atoms with E-state index < -0.39 is 11.5 Å². The Morgan fingerprint density at radius 3 is 2.59 bits per heavy atom. The molecule has 1 N–H and O–H groups in total. The summed E-state index contributed by atoms with van der Waals surface area (Å²) in [6, 6.07) is 11.4. The van der Waals surface area contributed by atoms with E-state index in [-0.39, 0.29) is 23.4 Å². The van der Waals surface area contributed by atoms with Gasteiger partial charge in [-0.3, -0.25) is 4.79 Å². The molecular formula is C27H29FN4O2. The number of likely N-dealkylation sites (tertiary alicyclic amines) is 1. The Morgan fingerprint density at radius 2 is 1.79 bits per heavy atom. The molecule has 0 bridgehead atoms. The SMILES string of the molecule is O=C(C1CC1)N1CC[C@@H](Cc2n[nH]c(=O)n2-c2ccc(-c3ccc4c(c3)CCCC4)cc2F)C1. The number of aromatic amines is 1. The molecule has 2 heterocycles. The van der Waals surface area contributed by atoms with Gasteiger partial charge in [-0.1, -0.05) is 24.3 Å². The number of aryl methyl sites for hydroxylation is 2. The van der Waals surface area contributed by atoms with E-state index >= 15 is 4.39 Å². The summed E-state index contributed by atoms with van der Waals surface area (Å²) in [4.78, 5) is 26.9. The predicted molar refractivity (Wildman–Crippen MR) is 127 cm³/mol. The van der Waals surface area contributed by atoms with Gasteiger partial charge >= 0.3 is 5.69 Å². The molecule has 7 heteroatoms. The second-order valence-corrected chi connectivity index (χ2v) is 10.1. The van der Waals surface area contributed by atoms with Gasteiger partial charge in [-0.2, -0.15) is 5.10 Å². The molecule has 3 aliphatic rings. The van der Waals surface area contributed by atoms with Crippen LogP contribution in [-0.4, -0.2) is 38.7 Å². The van der Waals surface area contributed by atoms with Crippen LogP contribution in [0.3, 0.4) is 0 Å². The fraction of sp³-hybridized carbons (Fsp3) is 0.444. The summed E-state index contributed by atoms with van der Waals surface area (Å²) < 4.78 is 16.7. The van der Waals surface area contributed by atoms with E-state index in [0.717, 1.165) is 49.8 Å². The monoisotopic (exact) mass is 460 g/mol. The van der Waals surface area contributed by atoms with E-state index in [2.05, 4.69) is 28.4 Å². The molecule has 2 fully saturated rings. The third kappa shape index (κ3) is 3.97. The number of hydrogen-bond acceptors (Lipinski definition) is 3. The summed E-state index contributed by atoms with van der Waals surface area (Å²) in [5.41, 5.74) is 4.31. The highest BCUT2D eigenvalue weighted by Crippen LogP contribution is 2.33. The number of aromatic nitrogens is 3. The molecule has 0 spiro atoms. The fourth-order valence-electron chi connectivity index (χ4n) is 5.54. The minimum atomic E-state index is -0.447. The number of halogens is 1. The molecule has 34 heavy (non-hydrogen) atoms. The summed E-state index contributed by atoms with van der Waals surface area (Å²) in [7, 11) is 0. The summed E-state index contributed by atoms with van der Waals surface area (Å²) in [6.07, 6.45) is 8.01. The molecule has 3 aromatic rings. The van der Waals surface area contributed by atoms with Crippen molar-refractivity contribution in [2.75, 3.05) is 13.1 Å². The molecular weight excluding hydrogens is 431 g/mol. The van der Waals surface area contributed by atoms with Crippen LogP contribution in [0.4, 0.5) is 4.39 Å². The average Bonchev–Trinajstić information content (AvgIpc) is 3.50. The van der Waals surface area contributed by atoms with Crippen LogP contribution in [0.5, 0.6) is 0 Å². The van der Waals surface area contributed by atoms with Crippen molar-refractivity contribution in [3.8, 4) is 16.8 Å². The molecule has 1 aromatic heterocycles. The molecule has 1 amide bonds. The van der Waals surface area contributed by atoms with Crippen LogP contribution < -0.4 is 5.69 Å². The lowest BCUT2D eigenvalue weighted by Crippen LogP contribution is -2.30. The highest BCUT2D eigenvalue weighted by atomic mass is 19.1. The molecule has 0 radical (unpaired) electrons. The van der Waals surface area contributed by atoms with Gasteiger partial charge in [0, 0.05) is 25.4 Å². The number of fused-ring (bicyclic) bond motifs is 1. The quantitative estimate of drug-likeness (QED) is 0.625. The van der Waals surface area contributed by atoms with Crippen LogP contribution >= 0.6 is 0 Å². The standard InChI is InChI=1S/C27H29FN4O2/c28-23-15-22(21-8-5-18-3-1-2-4-20(18)14-21)9-10-24(23)32-25(29-30-27(32)34)13-17-11-12-31(16-17)26(33)19-6-7-19/h5,8-10,14-15,17,19H,1-4,6-7,11-13,16H2,(H,30,34)/t17-/m0/s1. The van der Waals surface area contributed by atoms with Gasteiger partial charge in [0.05, 0.1) is 5.69 Å². The fourth-order valence-corrected chi connectivity index (χ4v) is 5.54. The van der Waals surface area contributed by atoms with Gasteiger partial charge in [-0.25, -0.2) is 18.9 Å². The molecule has 6 nitrogen and oxygen atoms in total. The van der Waals surface area contributed by atoms with Crippen LogP contribution in [0.25, 0.3) is 16.8 Å². The second kappa shape index (κ2) is 8.53. The lowest BCUT2D eigenvalue weighted by Gasteiger charge is -2.17. The Labute approximate surface area is 197 Å². The molecule has 1 saturated carbocycles. The maximum absolute atomic E-state index is 15.3. The van der Waals surface area contributed by atoms with E-state index in [4.69, 9.17) is 0 Å². The van der Waals surface area contributed by atoms with E-state index in [1.165, 1.54) is 34.6 Å². The second-order valence-electron chi connectivity index (χ2n) is 10.1. The number of amides is 1. The van der Waals surface area contributed by atoms with Gasteiger partial charge in [-0.05, 0) is 85.3 Å². The Morgan fingerprint density at radius 1 is 1.03 bits per heavy atom. The minimum absolute atomic E-state index is 0.208. The lowest BCUT2D eigenvalue weighted by atomic mass is 9.89. The Hall–Kier alpha value is -3.22. The van der Waals surface area contributed by atoms with Crippen LogP contribution in [0.2, 0.25) is 0 Å². The first-order chi connectivity index (χ1) is 16.6. The van der Waals surface area contributed by atoms with Crippen molar-refractivity contribution in [2.45, 2.75) is 51.4 Å². The zero-order valence-electron chi connectivity index (χ0n) is 19.2. The first-order valence-corrected chi connectivity index (χ1v) is 12.4. The largest absolute Gasteiger partial charge is 0.348 e. The summed E-state index contributed by atoms with van der Waals surface area (Å²) in [6.45, 7) is 1.43. The number of hydrogen-bond donors (Lipinski definition) is 1. The third-order valence-corrected chi connectivity index (χ3v) is 7.61. The molecule has 1 saturated heterocycles. The third-order valence-electron chi connectivity index (χ3n) is 7.61. The van der Waals surface area contributed by atoms with Crippen molar-refractivity contribution in [2.24, 2.45) is 11.8 Å². The van der Waals surface area contributed by atoms with Gasteiger partial charge in [0.1, 0.15) is 11.6 Å². The Balaban J connectivity index is 1.24. The maximum Gasteiger partial charge on any atom is 0.348 e. The molecule has 176 valence electrons. The number of nitrogens with zero attached hydrogens (tertiary/aromatic N) is 3. The molecule has 1 atom stereocenters. The number of carbonyl (C=O) groups is 1. The number of carbonyl (C=O) groups excluding carboxylic acids is 1. The molecule has 1 aliphatic heterocycles. The molecule has 2 aromatic carbocycles. The van der Waals surface area contributed by atoms with Crippen molar-refractivity contribution in [3.63, 3.8) is 0 Å². The van der Waals surface area contributed by atoms with Crippen LogP contribution in [0.15, 0.2) is 41.2 Å². The van der Waals surface area contributed by atoms with Crippen LogP contribution in [-0.2, 0) is 24.1 Å². The normalized spacial score (nSPS) is 19.9. The van der Waals surface area contributed by atoms with Crippen LogP contribution in [0, 0.1) is 17.7 Å². The zero-order chi connectivity index (χ0) is 23.2. The van der Waals surface area contributed by atoms with Gasteiger partial charge in [0.15, 0.2) is 0 Å². The van der Waals surface area contributed by atoms with Crippen molar-refractivity contribution >= 4 is 5.91 Å². The van der Waals surface area contributed by atoms with Gasteiger partial charge in [0.2, 0.25) is 5.91 Å². The average molecular weight is 461 g/mol. The molecule has 2 aliphatic carbocycles. The first kappa shape index (κ1) is 21.3. The number of H-pyrrole nitrogens is 1.